The van der Waals surface area contributed by atoms with Gasteiger partial charge in [-0.25, -0.2) is 4.98 Å². The lowest BCUT2D eigenvalue weighted by Crippen LogP contribution is -2.38. The fourth-order valence-corrected chi connectivity index (χ4v) is 8.14. The summed E-state index contributed by atoms with van der Waals surface area (Å²) in [5, 5.41) is 22.1. The average molecular weight is 739 g/mol. The van der Waals surface area contributed by atoms with Crippen molar-refractivity contribution in [3.05, 3.63) is 81.9 Å². The van der Waals surface area contributed by atoms with Gasteiger partial charge in [0.15, 0.2) is 0 Å². The van der Waals surface area contributed by atoms with Gasteiger partial charge in [-0.3, -0.25) is 4.98 Å². The number of nitriles is 2. The first-order valence-electron chi connectivity index (χ1n) is 19.0. The lowest BCUT2D eigenvalue weighted by molar-refractivity contribution is -0.0519. The zero-order valence-electron chi connectivity index (χ0n) is 33.0. The smallest absolute Gasteiger partial charge is 0.135 e. The van der Waals surface area contributed by atoms with Crippen LogP contribution < -0.4 is 4.90 Å². The monoisotopic (exact) mass is 738 g/mol. The second kappa shape index (κ2) is 18.1. The van der Waals surface area contributed by atoms with E-state index < -0.39 is 11.2 Å². The van der Waals surface area contributed by atoms with Crippen molar-refractivity contribution in [1.29, 1.82) is 10.5 Å². The Morgan fingerprint density at radius 2 is 1.85 bits per heavy atom. The summed E-state index contributed by atoms with van der Waals surface area (Å²) in [6.07, 6.45) is 7.39. The van der Waals surface area contributed by atoms with Crippen molar-refractivity contribution < 1.29 is 9.47 Å². The summed E-state index contributed by atoms with van der Waals surface area (Å²) in [6, 6.07) is 11.1. The number of rotatable bonds is 14. The highest BCUT2D eigenvalue weighted by Gasteiger charge is 2.37. The number of nitrogens with zero attached hydrogens (tertiary/aromatic N) is 8. The molecule has 5 heterocycles. The van der Waals surface area contributed by atoms with Gasteiger partial charge in [-0.05, 0) is 90.5 Å². The second-order valence-electron chi connectivity index (χ2n) is 15.5. The molecule has 0 aliphatic carbocycles. The van der Waals surface area contributed by atoms with Gasteiger partial charge in [0.2, 0.25) is 0 Å². The van der Waals surface area contributed by atoms with Gasteiger partial charge in [-0.15, -0.1) is 11.8 Å². The molecule has 11 heteroatoms. The molecule has 5 rings (SSSR count). The van der Waals surface area contributed by atoms with E-state index in [-0.39, 0.29) is 0 Å². The molecule has 0 aromatic carbocycles. The van der Waals surface area contributed by atoms with Crippen molar-refractivity contribution in [1.82, 2.24) is 24.7 Å². The molecule has 0 spiro atoms. The number of thioether (sulfide) groups is 1. The zero-order valence-corrected chi connectivity index (χ0v) is 33.8. The van der Waals surface area contributed by atoms with Gasteiger partial charge >= 0.3 is 0 Å². The molecule has 1 unspecified atom stereocenters. The van der Waals surface area contributed by atoms with Crippen LogP contribution in [-0.4, -0.2) is 115 Å². The van der Waals surface area contributed by atoms with E-state index >= 15 is 0 Å². The Hall–Kier alpha value is -3.71. The first kappa shape index (κ1) is 40.5. The van der Waals surface area contributed by atoms with E-state index in [4.69, 9.17) is 14.5 Å². The minimum atomic E-state index is -0.617. The van der Waals surface area contributed by atoms with Crippen LogP contribution in [0.2, 0.25) is 0 Å². The maximum absolute atomic E-state index is 10.7. The van der Waals surface area contributed by atoms with Gasteiger partial charge in [-0.2, -0.15) is 10.5 Å². The number of fused-ring (bicyclic) bond motifs is 1. The fraction of sp³-hybridized carbons (Fsp3) is 0.571. The number of likely N-dealkylation sites (N-methyl/N-ethyl adjacent to an activating group) is 3. The minimum Gasteiger partial charge on any atom is -0.373 e. The Bertz CT molecular complexity index is 1760. The van der Waals surface area contributed by atoms with E-state index in [9.17, 15) is 10.5 Å². The predicted octanol–water partition coefficient (Wildman–Crippen LogP) is 6.39. The van der Waals surface area contributed by atoms with Crippen LogP contribution in [0.25, 0.3) is 0 Å². The molecule has 3 aliphatic rings. The highest BCUT2D eigenvalue weighted by Crippen LogP contribution is 2.42. The molecule has 284 valence electrons. The van der Waals surface area contributed by atoms with E-state index in [2.05, 4.69) is 92.1 Å². The van der Waals surface area contributed by atoms with Gasteiger partial charge in [0.25, 0.3) is 0 Å². The van der Waals surface area contributed by atoms with Gasteiger partial charge in [0.05, 0.1) is 41.6 Å². The van der Waals surface area contributed by atoms with Crippen molar-refractivity contribution in [2.75, 3.05) is 84.2 Å². The van der Waals surface area contributed by atoms with E-state index in [1.807, 2.05) is 30.5 Å². The highest BCUT2D eigenvalue weighted by atomic mass is 32.2. The van der Waals surface area contributed by atoms with Crippen molar-refractivity contribution in [3.8, 4) is 12.1 Å². The van der Waals surface area contributed by atoms with Crippen molar-refractivity contribution in [3.63, 3.8) is 0 Å². The van der Waals surface area contributed by atoms with Gasteiger partial charge in [0.1, 0.15) is 16.9 Å². The van der Waals surface area contributed by atoms with Crippen molar-refractivity contribution in [2.45, 2.75) is 82.6 Å². The molecule has 3 aliphatic heterocycles. The first-order chi connectivity index (χ1) is 25.4. The summed E-state index contributed by atoms with van der Waals surface area (Å²) < 4.78 is 13.0. The van der Waals surface area contributed by atoms with E-state index in [0.29, 0.717) is 43.6 Å². The number of anilines is 1. The standard InChI is InChI=1S/C42H58N8O2S/c1-9-47(6)20-22-49(8)31(2)37-29-51-41(3,4)25-34(37)32(27-43)14-16-42(5)26-35-36(28-44)40(53-24-15-33-13-10-11-17-45-33)46-39(38(35)30-52-42)50-19-12-18-48(7)21-23-50/h10-11,13-14,17H,2,9,12,15-16,18-26,29-30H2,1,3-8H3. The van der Waals surface area contributed by atoms with E-state index in [0.717, 1.165) is 109 Å². The molecule has 2 aromatic rings. The summed E-state index contributed by atoms with van der Waals surface area (Å²) in [7, 11) is 6.35. The van der Waals surface area contributed by atoms with Crippen LogP contribution in [0.4, 0.5) is 5.82 Å². The SMILES string of the molecule is C=C(C1=C(C(C#N)=CCC2(C)Cc3c(C#N)c(SCCc4ccccn4)nc(N4CCCN(C)CC4)c3CO2)CC(C)(C)OC1)N(C)CCN(C)CC. The Labute approximate surface area is 322 Å². The number of allylic oxidation sites excluding steroid dienone is 1. The molecule has 53 heavy (non-hydrogen) atoms. The average Bonchev–Trinajstić information content (AvgIpc) is 3.37. The normalized spacial score (nSPS) is 20.8. The number of aryl methyl sites for hydroxylation is 1. The highest BCUT2D eigenvalue weighted by molar-refractivity contribution is 7.99. The summed E-state index contributed by atoms with van der Waals surface area (Å²) in [6.45, 7) is 20.2. The minimum absolute atomic E-state index is 0.367. The van der Waals surface area contributed by atoms with Crippen molar-refractivity contribution >= 4 is 17.6 Å². The number of hydrogen-bond donors (Lipinski definition) is 0. The molecule has 0 amide bonds. The molecule has 10 nitrogen and oxygen atoms in total. The topological polar surface area (TPSA) is 105 Å². The van der Waals surface area contributed by atoms with Crippen LogP contribution >= 0.6 is 11.8 Å². The third-order valence-corrected chi connectivity index (χ3v) is 11.8. The lowest BCUT2D eigenvalue weighted by atomic mass is 9.83. The third-order valence-electron chi connectivity index (χ3n) is 10.9. The molecule has 1 fully saturated rings. The number of hydrogen-bond acceptors (Lipinski definition) is 11. The molecular weight excluding hydrogens is 681 g/mol. The Kier molecular flexibility index (Phi) is 13.8. The van der Waals surface area contributed by atoms with Crippen LogP contribution in [0.1, 0.15) is 69.3 Å². The fourth-order valence-electron chi connectivity index (χ4n) is 7.17. The summed E-state index contributed by atoms with van der Waals surface area (Å²) in [5.74, 6) is 1.71. The zero-order chi connectivity index (χ0) is 38.2. The van der Waals surface area contributed by atoms with Crippen LogP contribution in [0, 0.1) is 22.7 Å². The van der Waals surface area contributed by atoms with Crippen LogP contribution in [0.3, 0.4) is 0 Å². The summed E-state index contributed by atoms with van der Waals surface area (Å²) in [5.41, 5.74) is 6.20. The molecular formula is C42H58N8O2S. The molecule has 0 bridgehead atoms. The number of aromatic nitrogens is 2. The molecule has 1 saturated heterocycles. The van der Waals surface area contributed by atoms with Crippen LogP contribution in [-0.2, 0) is 28.9 Å². The van der Waals surface area contributed by atoms with E-state index in [1.165, 1.54) is 0 Å². The van der Waals surface area contributed by atoms with Gasteiger partial charge < -0.3 is 29.1 Å². The lowest BCUT2D eigenvalue weighted by Gasteiger charge is -2.38. The quantitative estimate of drug-likeness (QED) is 0.159. The molecule has 0 radical (unpaired) electrons. The Morgan fingerprint density at radius 3 is 2.57 bits per heavy atom. The maximum atomic E-state index is 10.7. The van der Waals surface area contributed by atoms with Gasteiger partial charge in [0, 0.05) is 87.1 Å². The third kappa shape index (κ3) is 10.3. The molecule has 0 saturated carbocycles. The summed E-state index contributed by atoms with van der Waals surface area (Å²) in [4.78, 5) is 18.9. The van der Waals surface area contributed by atoms with Crippen molar-refractivity contribution in [2.24, 2.45) is 0 Å². The number of pyridine rings is 2. The van der Waals surface area contributed by atoms with Crippen LogP contribution in [0.15, 0.2) is 64.5 Å². The molecule has 2 aromatic heterocycles. The second-order valence-corrected chi connectivity index (χ2v) is 16.6. The molecule has 1 atom stereocenters. The van der Waals surface area contributed by atoms with Crippen LogP contribution in [0.5, 0.6) is 0 Å². The molecule has 0 N–H and O–H groups in total. The Morgan fingerprint density at radius 1 is 1.04 bits per heavy atom. The summed E-state index contributed by atoms with van der Waals surface area (Å²) >= 11 is 1.64. The van der Waals surface area contributed by atoms with E-state index in [1.54, 1.807) is 11.8 Å². The van der Waals surface area contributed by atoms with Gasteiger partial charge in [-0.1, -0.05) is 25.6 Å². The maximum Gasteiger partial charge on any atom is 0.135 e. The first-order valence-corrected chi connectivity index (χ1v) is 20.0. The predicted molar refractivity (Wildman–Crippen MR) is 214 cm³/mol. The number of ether oxygens (including phenoxy) is 2. The Balaban J connectivity index is 1.46. The largest absolute Gasteiger partial charge is 0.373 e.